The van der Waals surface area contributed by atoms with E-state index in [4.69, 9.17) is 14.2 Å². The lowest BCUT2D eigenvalue weighted by atomic mass is 10.2. The fourth-order valence-electron chi connectivity index (χ4n) is 3.94. The Morgan fingerprint density at radius 1 is 0.909 bits per heavy atom. The van der Waals surface area contributed by atoms with E-state index in [1.54, 1.807) is 54.6 Å². The summed E-state index contributed by atoms with van der Waals surface area (Å²) < 4.78 is 44.1. The molecule has 0 aliphatic heterocycles. The van der Waals surface area contributed by atoms with Crippen molar-refractivity contribution >= 4 is 39.5 Å². The number of carbonyl (C=O) groups excluding carboxylic acids is 2. The monoisotopic (exact) mass is 618 g/mol. The van der Waals surface area contributed by atoms with Gasteiger partial charge in [0, 0.05) is 12.1 Å². The molecule has 0 heterocycles. The maximum Gasteiger partial charge on any atom is 0.343 e. The number of benzene rings is 4. The molecular weight excluding hydrogens is 592 g/mol. The van der Waals surface area contributed by atoms with E-state index >= 15 is 0 Å². The zero-order valence-electron chi connectivity index (χ0n) is 23.4. The number of nitrogens with zero attached hydrogens (tertiary/aromatic N) is 3. The first-order chi connectivity index (χ1) is 21.1. The third kappa shape index (κ3) is 7.35. The van der Waals surface area contributed by atoms with Crippen molar-refractivity contribution < 1.29 is 37.1 Å². The van der Waals surface area contributed by atoms with E-state index < -0.39 is 44.0 Å². The molecule has 44 heavy (non-hydrogen) atoms. The Balaban J connectivity index is 1.53. The van der Waals surface area contributed by atoms with Gasteiger partial charge in [-0.3, -0.25) is 19.2 Å². The number of rotatable bonds is 12. The largest absolute Gasteiger partial charge is 0.497 e. The van der Waals surface area contributed by atoms with Crippen molar-refractivity contribution in [2.24, 2.45) is 5.10 Å². The lowest BCUT2D eigenvalue weighted by molar-refractivity contribution is -0.387. The quantitative estimate of drug-likeness (QED) is 0.0806. The molecule has 13 nitrogen and oxygen atoms in total. The number of ether oxygens (including phenoxy) is 3. The number of hydrazone groups is 1. The molecule has 4 aromatic rings. The molecular formula is C30H26N4O9S. The Hall–Kier alpha value is -5.76. The van der Waals surface area contributed by atoms with Gasteiger partial charge in [-0.25, -0.2) is 18.6 Å². The van der Waals surface area contributed by atoms with Gasteiger partial charge in [-0.2, -0.15) is 5.10 Å². The van der Waals surface area contributed by atoms with E-state index in [9.17, 15) is 28.1 Å². The fraction of sp³-hybridized carbons (Fsp3) is 0.100. The lowest BCUT2D eigenvalue weighted by Crippen LogP contribution is -2.40. The Bertz CT molecular complexity index is 1800. The van der Waals surface area contributed by atoms with Crippen LogP contribution >= 0.6 is 0 Å². The number of para-hydroxylation sites is 1. The minimum Gasteiger partial charge on any atom is -0.497 e. The molecule has 0 fully saturated rings. The Morgan fingerprint density at radius 2 is 1.57 bits per heavy atom. The Kier molecular flexibility index (Phi) is 9.88. The van der Waals surface area contributed by atoms with Gasteiger partial charge in [0.25, 0.3) is 21.6 Å². The number of amides is 1. The number of anilines is 1. The third-order valence-corrected chi connectivity index (χ3v) is 7.88. The van der Waals surface area contributed by atoms with Gasteiger partial charge in [-0.15, -0.1) is 0 Å². The zero-order valence-corrected chi connectivity index (χ0v) is 24.3. The summed E-state index contributed by atoms with van der Waals surface area (Å²) in [5, 5.41) is 15.5. The summed E-state index contributed by atoms with van der Waals surface area (Å²) in [5.74, 6) is -0.688. The van der Waals surface area contributed by atoms with Crippen molar-refractivity contribution in [3.63, 3.8) is 0 Å². The molecule has 1 N–H and O–H groups in total. The second-order valence-corrected chi connectivity index (χ2v) is 10.7. The van der Waals surface area contributed by atoms with Crippen LogP contribution in [0.3, 0.4) is 0 Å². The zero-order chi connectivity index (χ0) is 31.7. The van der Waals surface area contributed by atoms with Gasteiger partial charge in [-0.1, -0.05) is 30.3 Å². The third-order valence-electron chi connectivity index (χ3n) is 6.08. The maximum atomic E-state index is 13.8. The van der Waals surface area contributed by atoms with Crippen molar-refractivity contribution in [1.82, 2.24) is 5.43 Å². The molecule has 0 aliphatic rings. The fourth-order valence-corrected chi connectivity index (χ4v) is 5.53. The average Bonchev–Trinajstić information content (AvgIpc) is 3.04. The number of methoxy groups -OCH3 is 2. The number of nitro groups is 1. The second-order valence-electron chi connectivity index (χ2n) is 8.89. The average molecular weight is 619 g/mol. The van der Waals surface area contributed by atoms with Crippen LogP contribution in [-0.2, 0) is 14.8 Å². The van der Waals surface area contributed by atoms with Crippen molar-refractivity contribution in [3.05, 3.63) is 118 Å². The van der Waals surface area contributed by atoms with Gasteiger partial charge in [0.05, 0.1) is 36.6 Å². The smallest absolute Gasteiger partial charge is 0.343 e. The number of nitrogens with one attached hydrogen (secondary N) is 1. The molecule has 1 amide bonds. The number of hydrogen-bond donors (Lipinski definition) is 1. The van der Waals surface area contributed by atoms with Crippen LogP contribution in [0.5, 0.6) is 17.2 Å². The standard InChI is InChI=1S/C30H26N4O9S/c1-41-24-16-17-25(27(18-24)42-2)33(44(39,40)28-11-7-6-10-26(28)34(37)38)20-29(35)32-31-19-21-12-14-23(15-13-21)43-30(36)22-8-4-3-5-9-22/h3-19H,20H2,1-2H3,(H,32,35)/b31-19+. The Morgan fingerprint density at radius 3 is 2.23 bits per heavy atom. The molecule has 0 saturated heterocycles. The van der Waals surface area contributed by atoms with E-state index in [2.05, 4.69) is 10.5 Å². The summed E-state index contributed by atoms with van der Waals surface area (Å²) in [4.78, 5) is 35.4. The summed E-state index contributed by atoms with van der Waals surface area (Å²) >= 11 is 0. The van der Waals surface area contributed by atoms with Gasteiger partial charge in [0.15, 0.2) is 4.90 Å². The van der Waals surface area contributed by atoms with Crippen LogP contribution in [0.15, 0.2) is 107 Å². The molecule has 0 aliphatic carbocycles. The van der Waals surface area contributed by atoms with Crippen LogP contribution in [-0.4, -0.2) is 52.2 Å². The molecule has 0 unspecified atom stereocenters. The van der Waals surface area contributed by atoms with Gasteiger partial charge in [-0.05, 0) is 60.2 Å². The van der Waals surface area contributed by atoms with E-state index in [0.29, 0.717) is 26.9 Å². The lowest BCUT2D eigenvalue weighted by Gasteiger charge is -2.25. The summed E-state index contributed by atoms with van der Waals surface area (Å²) in [6.07, 6.45) is 1.30. The number of esters is 1. The molecule has 0 radical (unpaired) electrons. The molecule has 0 spiro atoms. The topological polar surface area (TPSA) is 167 Å². The number of hydrogen-bond acceptors (Lipinski definition) is 10. The van der Waals surface area contributed by atoms with E-state index in [-0.39, 0.29) is 11.4 Å². The van der Waals surface area contributed by atoms with Crippen molar-refractivity contribution in [2.75, 3.05) is 25.1 Å². The second kappa shape index (κ2) is 13.9. The molecule has 0 aromatic heterocycles. The number of sulfonamides is 1. The van der Waals surface area contributed by atoms with Crippen LogP contribution < -0.4 is 23.9 Å². The van der Waals surface area contributed by atoms with Crippen molar-refractivity contribution in [3.8, 4) is 17.2 Å². The van der Waals surface area contributed by atoms with Crippen LogP contribution in [0.25, 0.3) is 0 Å². The minimum absolute atomic E-state index is 0.0378. The summed E-state index contributed by atoms with van der Waals surface area (Å²) in [7, 11) is -1.97. The number of nitro benzene ring substituents is 1. The van der Waals surface area contributed by atoms with Crippen molar-refractivity contribution in [2.45, 2.75) is 4.90 Å². The first kappa shape index (κ1) is 31.2. The summed E-state index contributed by atoms with van der Waals surface area (Å²) in [6, 6.07) is 23.8. The van der Waals surface area contributed by atoms with Crippen LogP contribution in [0.2, 0.25) is 0 Å². The Labute approximate surface area is 252 Å². The summed E-state index contributed by atoms with van der Waals surface area (Å²) in [6.45, 7) is -0.803. The molecule has 0 saturated carbocycles. The van der Waals surface area contributed by atoms with Crippen LogP contribution in [0.4, 0.5) is 11.4 Å². The summed E-state index contributed by atoms with van der Waals surface area (Å²) in [5.41, 5.74) is 2.46. The van der Waals surface area contributed by atoms with Crippen molar-refractivity contribution in [1.29, 1.82) is 0 Å². The van der Waals surface area contributed by atoms with Gasteiger partial charge < -0.3 is 14.2 Å². The normalized spacial score (nSPS) is 11.0. The first-order valence-corrected chi connectivity index (χ1v) is 14.3. The van der Waals surface area contributed by atoms with E-state index in [1.807, 2.05) is 0 Å². The minimum atomic E-state index is -4.67. The highest BCUT2D eigenvalue weighted by molar-refractivity contribution is 7.93. The SMILES string of the molecule is COc1ccc(N(CC(=O)N/N=C/c2ccc(OC(=O)c3ccccc3)cc2)S(=O)(=O)c2ccccc2[N+](=O)[O-])c(OC)c1. The van der Waals surface area contributed by atoms with E-state index in [0.717, 1.165) is 12.1 Å². The number of carbonyl (C=O) groups is 2. The van der Waals surface area contributed by atoms with Crippen LogP contribution in [0, 0.1) is 10.1 Å². The highest BCUT2D eigenvalue weighted by Crippen LogP contribution is 2.37. The molecule has 4 rings (SSSR count). The first-order valence-electron chi connectivity index (χ1n) is 12.8. The van der Waals surface area contributed by atoms with Gasteiger partial charge in [0.1, 0.15) is 23.8 Å². The highest BCUT2D eigenvalue weighted by atomic mass is 32.2. The van der Waals surface area contributed by atoms with Gasteiger partial charge >= 0.3 is 5.97 Å². The highest BCUT2D eigenvalue weighted by Gasteiger charge is 2.34. The predicted octanol–water partition coefficient (Wildman–Crippen LogP) is 4.18. The molecule has 14 heteroatoms. The van der Waals surface area contributed by atoms with Gasteiger partial charge in [0.2, 0.25) is 0 Å². The molecule has 4 aromatic carbocycles. The molecule has 226 valence electrons. The van der Waals surface area contributed by atoms with Crippen LogP contribution in [0.1, 0.15) is 15.9 Å². The predicted molar refractivity (Wildman–Crippen MR) is 161 cm³/mol. The van der Waals surface area contributed by atoms with E-state index in [1.165, 1.54) is 50.8 Å². The molecule has 0 bridgehead atoms. The maximum absolute atomic E-state index is 13.8. The molecule has 0 atom stereocenters.